The molecule has 4 nitrogen and oxygen atoms in total. The SMILES string of the molecule is CCNC(=O)CCOC1CC(CN)C1. The molecule has 0 aromatic heterocycles. The summed E-state index contributed by atoms with van der Waals surface area (Å²) in [6, 6.07) is 0. The molecule has 0 unspecified atom stereocenters. The number of carbonyl (C=O) groups is 1. The number of carbonyl (C=O) groups excluding carboxylic acids is 1. The molecular weight excluding hydrogens is 180 g/mol. The molecule has 0 spiro atoms. The van der Waals surface area contributed by atoms with Gasteiger partial charge in [-0.2, -0.15) is 0 Å². The molecule has 4 heteroatoms. The Bertz CT molecular complexity index is 179. The van der Waals surface area contributed by atoms with Crippen molar-refractivity contribution >= 4 is 5.91 Å². The van der Waals surface area contributed by atoms with Crippen LogP contribution in [0.15, 0.2) is 0 Å². The highest BCUT2D eigenvalue weighted by Crippen LogP contribution is 2.28. The highest BCUT2D eigenvalue weighted by atomic mass is 16.5. The number of nitrogens with one attached hydrogen (secondary N) is 1. The number of amides is 1. The summed E-state index contributed by atoms with van der Waals surface area (Å²) in [5, 5.41) is 2.74. The highest BCUT2D eigenvalue weighted by molar-refractivity contribution is 5.75. The van der Waals surface area contributed by atoms with Gasteiger partial charge in [-0.15, -0.1) is 0 Å². The lowest BCUT2D eigenvalue weighted by Gasteiger charge is -2.34. The van der Waals surface area contributed by atoms with E-state index >= 15 is 0 Å². The van der Waals surface area contributed by atoms with Crippen LogP contribution < -0.4 is 11.1 Å². The lowest BCUT2D eigenvalue weighted by Crippen LogP contribution is -2.36. The van der Waals surface area contributed by atoms with Crippen LogP contribution in [-0.4, -0.2) is 31.7 Å². The van der Waals surface area contributed by atoms with Crippen LogP contribution in [0.4, 0.5) is 0 Å². The molecule has 0 radical (unpaired) electrons. The summed E-state index contributed by atoms with van der Waals surface area (Å²) >= 11 is 0. The molecule has 1 fully saturated rings. The summed E-state index contributed by atoms with van der Waals surface area (Å²) in [4.78, 5) is 11.0. The van der Waals surface area contributed by atoms with Crippen LogP contribution in [0, 0.1) is 5.92 Å². The molecule has 0 aliphatic heterocycles. The van der Waals surface area contributed by atoms with Gasteiger partial charge in [0.1, 0.15) is 0 Å². The van der Waals surface area contributed by atoms with Crippen molar-refractivity contribution in [2.75, 3.05) is 19.7 Å². The minimum Gasteiger partial charge on any atom is -0.378 e. The van der Waals surface area contributed by atoms with Crippen molar-refractivity contribution < 1.29 is 9.53 Å². The molecule has 1 amide bonds. The molecule has 0 aromatic carbocycles. The number of hydrogen-bond donors (Lipinski definition) is 2. The summed E-state index contributed by atoms with van der Waals surface area (Å²) in [7, 11) is 0. The van der Waals surface area contributed by atoms with E-state index in [9.17, 15) is 4.79 Å². The van der Waals surface area contributed by atoms with Crippen molar-refractivity contribution in [3.8, 4) is 0 Å². The second-order valence-electron chi connectivity index (χ2n) is 3.77. The molecule has 0 bridgehead atoms. The van der Waals surface area contributed by atoms with Crippen molar-refractivity contribution in [3.05, 3.63) is 0 Å². The average molecular weight is 200 g/mol. The predicted molar refractivity (Wildman–Crippen MR) is 54.8 cm³/mol. The van der Waals surface area contributed by atoms with Gasteiger partial charge in [-0.25, -0.2) is 0 Å². The van der Waals surface area contributed by atoms with Gasteiger partial charge in [-0.1, -0.05) is 0 Å². The van der Waals surface area contributed by atoms with E-state index in [4.69, 9.17) is 10.5 Å². The molecule has 0 saturated heterocycles. The normalized spacial score (nSPS) is 25.6. The van der Waals surface area contributed by atoms with Crippen LogP contribution in [0.2, 0.25) is 0 Å². The van der Waals surface area contributed by atoms with Crippen LogP contribution in [-0.2, 0) is 9.53 Å². The summed E-state index contributed by atoms with van der Waals surface area (Å²) in [5.74, 6) is 0.715. The Kier molecular flexibility index (Phi) is 4.90. The third-order valence-corrected chi connectivity index (χ3v) is 2.58. The maximum Gasteiger partial charge on any atom is 0.222 e. The van der Waals surface area contributed by atoms with Gasteiger partial charge >= 0.3 is 0 Å². The molecular formula is C10H20N2O2. The first kappa shape index (κ1) is 11.5. The zero-order valence-electron chi connectivity index (χ0n) is 8.79. The number of rotatable bonds is 6. The minimum atomic E-state index is 0.0715. The van der Waals surface area contributed by atoms with Gasteiger partial charge < -0.3 is 15.8 Å². The van der Waals surface area contributed by atoms with E-state index in [0.717, 1.165) is 19.4 Å². The first-order valence-corrected chi connectivity index (χ1v) is 5.34. The molecule has 1 aliphatic rings. The number of nitrogens with two attached hydrogens (primary N) is 1. The molecule has 1 rings (SSSR count). The number of ether oxygens (including phenoxy) is 1. The average Bonchev–Trinajstić information content (AvgIpc) is 2.09. The zero-order chi connectivity index (χ0) is 10.4. The van der Waals surface area contributed by atoms with Gasteiger partial charge in [-0.3, -0.25) is 4.79 Å². The van der Waals surface area contributed by atoms with Crippen molar-refractivity contribution in [3.63, 3.8) is 0 Å². The van der Waals surface area contributed by atoms with Crippen LogP contribution in [0.3, 0.4) is 0 Å². The third kappa shape index (κ3) is 3.64. The van der Waals surface area contributed by atoms with E-state index in [0.29, 0.717) is 31.6 Å². The van der Waals surface area contributed by atoms with E-state index in [1.54, 1.807) is 0 Å². The Morgan fingerprint density at radius 3 is 2.86 bits per heavy atom. The maximum absolute atomic E-state index is 11.0. The quantitative estimate of drug-likeness (QED) is 0.646. The Morgan fingerprint density at radius 2 is 2.29 bits per heavy atom. The molecule has 0 aromatic rings. The van der Waals surface area contributed by atoms with Crippen LogP contribution in [0.5, 0.6) is 0 Å². The standard InChI is InChI=1S/C10H20N2O2/c1-2-12-10(13)3-4-14-9-5-8(6-9)7-11/h8-9H,2-7,11H2,1H3,(H,12,13). The van der Waals surface area contributed by atoms with Gasteiger partial charge in [0.05, 0.1) is 12.7 Å². The van der Waals surface area contributed by atoms with Crippen LogP contribution in [0.1, 0.15) is 26.2 Å². The summed E-state index contributed by atoms with van der Waals surface area (Å²) < 4.78 is 5.51. The number of hydrogen-bond acceptors (Lipinski definition) is 3. The summed E-state index contributed by atoms with van der Waals surface area (Å²) in [6.45, 7) is 3.90. The fourth-order valence-electron chi connectivity index (χ4n) is 1.61. The van der Waals surface area contributed by atoms with E-state index in [-0.39, 0.29) is 5.91 Å². The Morgan fingerprint density at radius 1 is 1.57 bits per heavy atom. The van der Waals surface area contributed by atoms with Crippen molar-refractivity contribution in [1.29, 1.82) is 0 Å². The topological polar surface area (TPSA) is 64.3 Å². The Balaban J connectivity index is 1.92. The monoisotopic (exact) mass is 200 g/mol. The van der Waals surface area contributed by atoms with Gasteiger partial charge in [0.2, 0.25) is 5.91 Å². The van der Waals surface area contributed by atoms with Crippen LogP contribution in [0.25, 0.3) is 0 Å². The van der Waals surface area contributed by atoms with E-state index in [1.165, 1.54) is 0 Å². The minimum absolute atomic E-state index is 0.0715. The highest BCUT2D eigenvalue weighted by Gasteiger charge is 2.28. The van der Waals surface area contributed by atoms with Crippen molar-refractivity contribution in [1.82, 2.24) is 5.32 Å². The maximum atomic E-state index is 11.0. The second kappa shape index (κ2) is 5.98. The predicted octanol–water partition coefficient (Wildman–Crippen LogP) is 0.267. The Hall–Kier alpha value is -0.610. The van der Waals surface area contributed by atoms with Gasteiger partial charge in [0.15, 0.2) is 0 Å². The van der Waals surface area contributed by atoms with Crippen molar-refractivity contribution in [2.24, 2.45) is 11.7 Å². The van der Waals surface area contributed by atoms with E-state index < -0.39 is 0 Å². The van der Waals surface area contributed by atoms with E-state index in [2.05, 4.69) is 5.32 Å². The molecule has 3 N–H and O–H groups in total. The molecule has 1 aliphatic carbocycles. The summed E-state index contributed by atoms with van der Waals surface area (Å²) in [5.41, 5.74) is 5.49. The zero-order valence-corrected chi connectivity index (χ0v) is 8.79. The fourth-order valence-corrected chi connectivity index (χ4v) is 1.61. The first-order chi connectivity index (χ1) is 6.76. The lowest BCUT2D eigenvalue weighted by molar-refractivity contribution is -0.123. The fraction of sp³-hybridized carbons (Fsp3) is 0.900. The van der Waals surface area contributed by atoms with Gasteiger partial charge in [-0.05, 0) is 32.2 Å². The first-order valence-electron chi connectivity index (χ1n) is 5.34. The lowest BCUT2D eigenvalue weighted by atomic mass is 9.82. The Labute approximate surface area is 85.2 Å². The van der Waals surface area contributed by atoms with Crippen molar-refractivity contribution in [2.45, 2.75) is 32.3 Å². The van der Waals surface area contributed by atoms with Crippen LogP contribution >= 0.6 is 0 Å². The molecule has 14 heavy (non-hydrogen) atoms. The third-order valence-electron chi connectivity index (χ3n) is 2.58. The molecule has 82 valence electrons. The second-order valence-corrected chi connectivity index (χ2v) is 3.77. The van der Waals surface area contributed by atoms with Gasteiger partial charge in [0, 0.05) is 13.0 Å². The molecule has 0 heterocycles. The molecule has 1 saturated carbocycles. The molecule has 0 atom stereocenters. The summed E-state index contributed by atoms with van der Waals surface area (Å²) in [6.07, 6.45) is 2.94. The van der Waals surface area contributed by atoms with Gasteiger partial charge in [0.25, 0.3) is 0 Å². The van der Waals surface area contributed by atoms with E-state index in [1.807, 2.05) is 6.92 Å². The largest absolute Gasteiger partial charge is 0.378 e. The smallest absolute Gasteiger partial charge is 0.222 e.